The Labute approximate surface area is 139 Å². The van der Waals surface area contributed by atoms with Gasteiger partial charge in [-0.3, -0.25) is 0 Å². The molecule has 0 radical (unpaired) electrons. The number of methoxy groups -OCH3 is 1. The normalized spacial score (nSPS) is 14.0. The van der Waals surface area contributed by atoms with Crippen molar-refractivity contribution >= 4 is 0 Å². The number of nitrogens with one attached hydrogen (secondary N) is 1. The monoisotopic (exact) mass is 307 g/mol. The van der Waals surface area contributed by atoms with E-state index in [1.165, 1.54) is 0 Å². The molecular weight excluding hydrogens is 282 g/mol. The lowest BCUT2D eigenvalue weighted by Crippen LogP contribution is -2.59. The van der Waals surface area contributed by atoms with Gasteiger partial charge < -0.3 is 10.1 Å². The van der Waals surface area contributed by atoms with Crippen LogP contribution in [0.2, 0.25) is 0 Å². The number of ether oxygens (including phenoxy) is 1. The van der Waals surface area contributed by atoms with Crippen molar-refractivity contribution in [2.75, 3.05) is 14.2 Å². The molecular formula is C21H25NO. The molecule has 1 unspecified atom stereocenters. The van der Waals surface area contributed by atoms with Gasteiger partial charge in [-0.15, -0.1) is 12.3 Å². The van der Waals surface area contributed by atoms with E-state index in [1.54, 1.807) is 7.11 Å². The maximum absolute atomic E-state index is 6.23. The van der Waals surface area contributed by atoms with Crippen LogP contribution in [0.25, 0.3) is 0 Å². The second-order valence-electron chi connectivity index (χ2n) is 5.90. The Morgan fingerprint density at radius 1 is 1.00 bits per heavy atom. The molecule has 0 saturated heterocycles. The Bertz CT molecular complexity index is 605. The van der Waals surface area contributed by atoms with Crippen LogP contribution in [0.5, 0.6) is 0 Å². The summed E-state index contributed by atoms with van der Waals surface area (Å²) < 4.78 is 6.23. The molecule has 0 aliphatic rings. The van der Waals surface area contributed by atoms with Crippen LogP contribution in [0.15, 0.2) is 60.7 Å². The smallest absolute Gasteiger partial charge is 0.135 e. The molecule has 0 heterocycles. The highest BCUT2D eigenvalue weighted by molar-refractivity contribution is 5.41. The van der Waals surface area contributed by atoms with E-state index >= 15 is 0 Å². The van der Waals surface area contributed by atoms with E-state index in [2.05, 4.69) is 42.4 Å². The summed E-state index contributed by atoms with van der Waals surface area (Å²) in [6.45, 7) is 2.17. The van der Waals surface area contributed by atoms with Crippen LogP contribution in [0, 0.1) is 12.3 Å². The lowest BCUT2D eigenvalue weighted by molar-refractivity contribution is -0.0539. The van der Waals surface area contributed by atoms with Crippen molar-refractivity contribution in [1.82, 2.24) is 5.32 Å². The van der Waals surface area contributed by atoms with Crippen molar-refractivity contribution in [3.8, 4) is 12.3 Å². The van der Waals surface area contributed by atoms with Gasteiger partial charge in [0.25, 0.3) is 0 Å². The Kier molecular flexibility index (Phi) is 5.60. The minimum absolute atomic E-state index is 0.350. The Morgan fingerprint density at radius 2 is 1.48 bits per heavy atom. The zero-order valence-electron chi connectivity index (χ0n) is 14.2. The molecule has 2 heteroatoms. The van der Waals surface area contributed by atoms with Crippen molar-refractivity contribution in [3.63, 3.8) is 0 Å². The first kappa shape index (κ1) is 17.3. The van der Waals surface area contributed by atoms with E-state index in [-0.39, 0.29) is 5.54 Å². The van der Waals surface area contributed by atoms with E-state index in [0.717, 1.165) is 17.5 Å². The highest BCUT2D eigenvalue weighted by atomic mass is 16.5. The number of likely N-dealkylation sites (N-methyl/N-ethyl adjacent to an activating group) is 1. The fourth-order valence-electron chi connectivity index (χ4n) is 3.41. The van der Waals surface area contributed by atoms with Gasteiger partial charge >= 0.3 is 0 Å². The van der Waals surface area contributed by atoms with Gasteiger partial charge in [0.05, 0.1) is 5.54 Å². The first-order chi connectivity index (χ1) is 11.1. The largest absolute Gasteiger partial charge is 0.367 e. The number of benzene rings is 2. The molecule has 0 aliphatic heterocycles. The van der Waals surface area contributed by atoms with Crippen LogP contribution in [-0.4, -0.2) is 19.7 Å². The molecule has 0 amide bonds. The van der Waals surface area contributed by atoms with E-state index in [0.29, 0.717) is 6.42 Å². The van der Waals surface area contributed by atoms with Crippen LogP contribution in [0.1, 0.15) is 30.9 Å². The predicted octanol–water partition coefficient (Wildman–Crippen LogP) is 3.97. The van der Waals surface area contributed by atoms with Crippen LogP contribution in [0.4, 0.5) is 0 Å². The number of terminal acetylenes is 1. The second-order valence-corrected chi connectivity index (χ2v) is 5.90. The number of hydrogen-bond donors (Lipinski definition) is 1. The molecule has 1 atom stereocenters. The minimum Gasteiger partial charge on any atom is -0.367 e. The third-order valence-electron chi connectivity index (χ3n) is 4.76. The highest BCUT2D eigenvalue weighted by Gasteiger charge is 2.50. The molecule has 1 N–H and O–H groups in total. The molecule has 0 saturated carbocycles. The van der Waals surface area contributed by atoms with E-state index in [4.69, 9.17) is 11.2 Å². The zero-order chi connectivity index (χ0) is 16.8. The molecule has 0 aromatic heterocycles. The maximum atomic E-state index is 6.23. The number of rotatable bonds is 7. The van der Waals surface area contributed by atoms with Gasteiger partial charge in [0, 0.05) is 13.5 Å². The second kappa shape index (κ2) is 7.46. The number of hydrogen-bond acceptors (Lipinski definition) is 2. The van der Waals surface area contributed by atoms with Gasteiger partial charge in [-0.05, 0) is 31.5 Å². The lowest BCUT2D eigenvalue weighted by atomic mass is 9.69. The standard InChI is InChI=1S/C21H25NO/c1-5-6-17-20(2,22-3)21(23-4,18-13-9-7-10-14-18)19-15-11-8-12-16-19/h1,7-16,22H,6,17H2,2-4H3. The van der Waals surface area contributed by atoms with Crippen LogP contribution in [-0.2, 0) is 10.3 Å². The quantitative estimate of drug-likeness (QED) is 0.782. The fraction of sp³-hybridized carbons (Fsp3) is 0.333. The Hall–Kier alpha value is -2.08. The molecule has 2 aromatic rings. The van der Waals surface area contributed by atoms with Crippen molar-refractivity contribution in [1.29, 1.82) is 0 Å². The summed E-state index contributed by atoms with van der Waals surface area (Å²) in [5.41, 5.74) is 1.25. The van der Waals surface area contributed by atoms with Gasteiger partial charge in [-0.1, -0.05) is 60.7 Å². The molecule has 0 fully saturated rings. The van der Waals surface area contributed by atoms with Gasteiger partial charge in [-0.2, -0.15) is 0 Å². The summed E-state index contributed by atoms with van der Waals surface area (Å²) in [6.07, 6.45) is 7.02. The molecule has 0 bridgehead atoms. The van der Waals surface area contributed by atoms with E-state index in [1.807, 2.05) is 43.4 Å². The van der Waals surface area contributed by atoms with Crippen LogP contribution >= 0.6 is 0 Å². The summed E-state index contributed by atoms with van der Waals surface area (Å²) in [5, 5.41) is 3.48. The van der Waals surface area contributed by atoms with Crippen molar-refractivity contribution < 1.29 is 4.74 Å². The van der Waals surface area contributed by atoms with Crippen molar-refractivity contribution in [2.45, 2.75) is 30.9 Å². The topological polar surface area (TPSA) is 21.3 Å². The van der Waals surface area contributed by atoms with Gasteiger partial charge in [-0.25, -0.2) is 0 Å². The summed E-state index contributed by atoms with van der Waals surface area (Å²) in [4.78, 5) is 0. The summed E-state index contributed by atoms with van der Waals surface area (Å²) in [6, 6.07) is 20.7. The van der Waals surface area contributed by atoms with Crippen LogP contribution < -0.4 is 5.32 Å². The maximum Gasteiger partial charge on any atom is 0.135 e. The molecule has 2 rings (SSSR count). The first-order valence-electron chi connectivity index (χ1n) is 7.93. The molecule has 2 aromatic carbocycles. The van der Waals surface area contributed by atoms with Gasteiger partial charge in [0.1, 0.15) is 5.60 Å². The van der Waals surface area contributed by atoms with Crippen LogP contribution in [0.3, 0.4) is 0 Å². The summed E-state index contributed by atoms with van der Waals surface area (Å²) in [7, 11) is 3.74. The molecule has 0 aliphatic carbocycles. The van der Waals surface area contributed by atoms with Gasteiger partial charge in [0.2, 0.25) is 0 Å². The zero-order valence-corrected chi connectivity index (χ0v) is 14.2. The average molecular weight is 307 g/mol. The third-order valence-corrected chi connectivity index (χ3v) is 4.76. The molecule has 2 nitrogen and oxygen atoms in total. The highest BCUT2D eigenvalue weighted by Crippen LogP contribution is 2.44. The molecule has 120 valence electrons. The Balaban J connectivity index is 2.71. The minimum atomic E-state index is -0.624. The fourth-order valence-corrected chi connectivity index (χ4v) is 3.41. The average Bonchev–Trinajstić information content (AvgIpc) is 2.63. The SMILES string of the molecule is C#CCCC(C)(NC)C(OC)(c1ccccc1)c1ccccc1. The molecule has 23 heavy (non-hydrogen) atoms. The van der Waals surface area contributed by atoms with Crippen molar-refractivity contribution in [3.05, 3.63) is 71.8 Å². The van der Waals surface area contributed by atoms with Crippen molar-refractivity contribution in [2.24, 2.45) is 0 Å². The lowest BCUT2D eigenvalue weighted by Gasteiger charge is -2.48. The predicted molar refractivity (Wildman–Crippen MR) is 96.2 cm³/mol. The Morgan fingerprint density at radius 3 is 1.83 bits per heavy atom. The molecule has 0 spiro atoms. The first-order valence-corrected chi connectivity index (χ1v) is 7.93. The van der Waals surface area contributed by atoms with E-state index in [9.17, 15) is 0 Å². The van der Waals surface area contributed by atoms with E-state index < -0.39 is 5.60 Å². The third kappa shape index (κ3) is 3.03. The summed E-state index contributed by atoms with van der Waals surface area (Å²) in [5.74, 6) is 2.76. The summed E-state index contributed by atoms with van der Waals surface area (Å²) >= 11 is 0. The van der Waals surface area contributed by atoms with Gasteiger partial charge in [0.15, 0.2) is 0 Å².